The van der Waals surface area contributed by atoms with Crippen LogP contribution in [0.5, 0.6) is 0 Å². The number of carbonyl (C=O) groups excluding carboxylic acids is 2. The maximum absolute atomic E-state index is 13.0. The van der Waals surface area contributed by atoms with E-state index in [1.807, 2.05) is 79.9 Å². The van der Waals surface area contributed by atoms with Crippen LogP contribution >= 0.6 is 0 Å². The summed E-state index contributed by atoms with van der Waals surface area (Å²) in [6.45, 7) is 2.73. The number of hydrogen-bond donors (Lipinski definition) is 1. The standard InChI is InChI=1S/C28H22N4O2/c1-19-10-12-20(13-11-19)16-32-27(33)25(30-28(32)34)14-23-18-31(26-9-5-4-8-24(23)26)17-22-7-3-2-6-21(22)15-29/h2-14,18H,16-17H2,1H3,(H,30,34)/b25-14+. The predicted octanol–water partition coefficient (Wildman–Crippen LogP) is 4.96. The van der Waals surface area contributed by atoms with Crippen LogP contribution in [-0.4, -0.2) is 21.4 Å². The average molecular weight is 447 g/mol. The Kier molecular flexibility index (Phi) is 5.44. The van der Waals surface area contributed by atoms with E-state index in [-0.39, 0.29) is 18.1 Å². The summed E-state index contributed by atoms with van der Waals surface area (Å²) in [5.74, 6) is -0.350. The van der Waals surface area contributed by atoms with Crippen LogP contribution in [0.25, 0.3) is 17.0 Å². The first-order chi connectivity index (χ1) is 16.5. The van der Waals surface area contributed by atoms with Gasteiger partial charge in [0.1, 0.15) is 5.70 Å². The summed E-state index contributed by atoms with van der Waals surface area (Å²) >= 11 is 0. The molecule has 166 valence electrons. The summed E-state index contributed by atoms with van der Waals surface area (Å²) in [5, 5.41) is 13.1. The molecule has 0 saturated carbocycles. The van der Waals surface area contributed by atoms with Crippen molar-refractivity contribution >= 4 is 28.9 Å². The third-order valence-electron chi connectivity index (χ3n) is 6.02. The molecule has 34 heavy (non-hydrogen) atoms. The van der Waals surface area contributed by atoms with Crippen LogP contribution in [0.2, 0.25) is 0 Å². The molecule has 0 unspecified atom stereocenters. The number of nitriles is 1. The third-order valence-corrected chi connectivity index (χ3v) is 6.02. The molecule has 1 aliphatic heterocycles. The van der Waals surface area contributed by atoms with Crippen molar-refractivity contribution in [2.45, 2.75) is 20.0 Å². The minimum Gasteiger partial charge on any atom is -0.342 e. The Bertz CT molecular complexity index is 1490. The van der Waals surface area contributed by atoms with Gasteiger partial charge in [-0.15, -0.1) is 0 Å². The molecule has 4 aromatic rings. The van der Waals surface area contributed by atoms with Crippen molar-refractivity contribution in [2.24, 2.45) is 0 Å². The van der Waals surface area contributed by atoms with Crippen molar-refractivity contribution in [1.29, 1.82) is 5.26 Å². The summed E-state index contributed by atoms with van der Waals surface area (Å²) < 4.78 is 2.06. The first-order valence-corrected chi connectivity index (χ1v) is 11.0. The van der Waals surface area contributed by atoms with Crippen LogP contribution < -0.4 is 5.32 Å². The van der Waals surface area contributed by atoms with E-state index < -0.39 is 6.03 Å². The molecular weight excluding hydrogens is 424 g/mol. The van der Waals surface area contributed by atoms with Crippen molar-refractivity contribution in [3.63, 3.8) is 0 Å². The summed E-state index contributed by atoms with van der Waals surface area (Å²) in [6, 6.07) is 25.0. The number of amides is 3. The fraction of sp³-hybridized carbons (Fsp3) is 0.107. The van der Waals surface area contributed by atoms with E-state index >= 15 is 0 Å². The number of nitrogens with one attached hydrogen (secondary N) is 1. The number of urea groups is 1. The van der Waals surface area contributed by atoms with E-state index in [9.17, 15) is 14.9 Å². The topological polar surface area (TPSA) is 78.1 Å². The minimum atomic E-state index is -0.427. The molecular formula is C28H22N4O2. The molecule has 0 atom stereocenters. The van der Waals surface area contributed by atoms with Crippen LogP contribution in [0.15, 0.2) is 84.7 Å². The second-order valence-corrected chi connectivity index (χ2v) is 8.36. The lowest BCUT2D eigenvalue weighted by atomic mass is 10.1. The van der Waals surface area contributed by atoms with Gasteiger partial charge >= 0.3 is 6.03 Å². The largest absolute Gasteiger partial charge is 0.342 e. The molecule has 1 aliphatic rings. The number of hydrogen-bond acceptors (Lipinski definition) is 3. The van der Waals surface area contributed by atoms with Crippen molar-refractivity contribution < 1.29 is 9.59 Å². The van der Waals surface area contributed by atoms with Crippen LogP contribution in [0.1, 0.15) is 27.8 Å². The van der Waals surface area contributed by atoms with E-state index in [1.54, 1.807) is 12.1 Å². The molecule has 1 saturated heterocycles. The minimum absolute atomic E-state index is 0.217. The van der Waals surface area contributed by atoms with Gasteiger partial charge in [0, 0.05) is 29.2 Å². The van der Waals surface area contributed by atoms with E-state index in [4.69, 9.17) is 0 Å². The van der Waals surface area contributed by atoms with Crippen molar-refractivity contribution in [2.75, 3.05) is 0 Å². The van der Waals surface area contributed by atoms with Crippen molar-refractivity contribution in [1.82, 2.24) is 14.8 Å². The summed E-state index contributed by atoms with van der Waals surface area (Å²) in [7, 11) is 0. The van der Waals surface area contributed by atoms with Crippen LogP contribution in [0, 0.1) is 18.3 Å². The molecule has 6 nitrogen and oxygen atoms in total. The Morgan fingerprint density at radius 2 is 1.68 bits per heavy atom. The number of para-hydroxylation sites is 1. The van der Waals surface area contributed by atoms with Crippen molar-refractivity contribution in [3.8, 4) is 6.07 Å². The van der Waals surface area contributed by atoms with Crippen LogP contribution in [0.3, 0.4) is 0 Å². The zero-order valence-corrected chi connectivity index (χ0v) is 18.7. The predicted molar refractivity (Wildman–Crippen MR) is 130 cm³/mol. The number of carbonyl (C=O) groups is 2. The monoisotopic (exact) mass is 446 g/mol. The van der Waals surface area contributed by atoms with Gasteiger partial charge in [-0.2, -0.15) is 5.26 Å². The Morgan fingerprint density at radius 1 is 0.941 bits per heavy atom. The van der Waals surface area contributed by atoms with Gasteiger partial charge < -0.3 is 9.88 Å². The van der Waals surface area contributed by atoms with Gasteiger partial charge in [-0.1, -0.05) is 66.2 Å². The highest BCUT2D eigenvalue weighted by Crippen LogP contribution is 2.26. The molecule has 0 aliphatic carbocycles. The lowest BCUT2D eigenvalue weighted by Crippen LogP contribution is -2.30. The van der Waals surface area contributed by atoms with Gasteiger partial charge in [0.15, 0.2) is 0 Å². The first-order valence-electron chi connectivity index (χ1n) is 11.0. The number of benzene rings is 3. The normalized spacial score (nSPS) is 14.6. The van der Waals surface area contributed by atoms with E-state index in [2.05, 4.69) is 16.0 Å². The molecule has 1 fully saturated rings. The maximum Gasteiger partial charge on any atom is 0.329 e. The molecule has 0 radical (unpaired) electrons. The summed E-state index contributed by atoms with van der Waals surface area (Å²) in [6.07, 6.45) is 3.68. The molecule has 3 amide bonds. The molecule has 5 rings (SSSR count). The van der Waals surface area contributed by atoms with Crippen molar-refractivity contribution in [3.05, 3.63) is 113 Å². The summed E-state index contributed by atoms with van der Waals surface area (Å²) in [5.41, 5.74) is 5.61. The Balaban J connectivity index is 1.47. The summed E-state index contributed by atoms with van der Waals surface area (Å²) in [4.78, 5) is 26.8. The van der Waals surface area contributed by atoms with Crippen LogP contribution in [0.4, 0.5) is 4.79 Å². The molecule has 3 aromatic carbocycles. The number of imide groups is 1. The van der Waals surface area contributed by atoms with Crippen LogP contribution in [-0.2, 0) is 17.9 Å². The molecule has 0 spiro atoms. The lowest BCUT2D eigenvalue weighted by molar-refractivity contribution is -0.123. The zero-order chi connectivity index (χ0) is 23.7. The fourth-order valence-electron chi connectivity index (χ4n) is 4.22. The average Bonchev–Trinajstić information content (AvgIpc) is 3.33. The fourth-order valence-corrected chi connectivity index (χ4v) is 4.22. The van der Waals surface area contributed by atoms with Gasteiger partial charge in [0.05, 0.1) is 18.2 Å². The number of rotatable bonds is 5. The quantitative estimate of drug-likeness (QED) is 0.348. The number of nitrogens with zero attached hydrogens (tertiary/aromatic N) is 3. The highest BCUT2D eigenvalue weighted by Gasteiger charge is 2.33. The Hall–Kier alpha value is -4.63. The highest BCUT2D eigenvalue weighted by atomic mass is 16.2. The lowest BCUT2D eigenvalue weighted by Gasteiger charge is -2.11. The molecule has 1 aromatic heterocycles. The third kappa shape index (κ3) is 3.96. The SMILES string of the molecule is Cc1ccc(CN2C(=O)N/C(=C/c3cn(Cc4ccccc4C#N)c4ccccc34)C2=O)cc1. The Morgan fingerprint density at radius 3 is 2.47 bits per heavy atom. The second kappa shape index (κ2) is 8.72. The van der Waals surface area contributed by atoms with Gasteiger partial charge in [-0.05, 0) is 36.3 Å². The van der Waals surface area contributed by atoms with E-state index in [0.717, 1.165) is 33.2 Å². The maximum atomic E-state index is 13.0. The number of aromatic nitrogens is 1. The highest BCUT2D eigenvalue weighted by molar-refractivity contribution is 6.14. The molecule has 2 heterocycles. The molecule has 0 bridgehead atoms. The van der Waals surface area contributed by atoms with E-state index in [0.29, 0.717) is 12.1 Å². The molecule has 1 N–H and O–H groups in total. The van der Waals surface area contributed by atoms with Gasteiger partial charge in [-0.3, -0.25) is 9.69 Å². The molecule has 6 heteroatoms. The van der Waals surface area contributed by atoms with Gasteiger partial charge in [-0.25, -0.2) is 4.79 Å². The Labute approximate surface area is 197 Å². The van der Waals surface area contributed by atoms with Gasteiger partial charge in [0.25, 0.3) is 5.91 Å². The number of aryl methyl sites for hydroxylation is 1. The van der Waals surface area contributed by atoms with Gasteiger partial charge in [0.2, 0.25) is 0 Å². The first kappa shape index (κ1) is 21.2. The second-order valence-electron chi connectivity index (χ2n) is 8.36. The number of fused-ring (bicyclic) bond motifs is 1. The van der Waals surface area contributed by atoms with E-state index in [1.165, 1.54) is 4.90 Å². The smallest absolute Gasteiger partial charge is 0.329 e. The zero-order valence-electron chi connectivity index (χ0n) is 18.7.